The number of halogens is 2. The molecule has 0 amide bonds. The highest BCUT2D eigenvalue weighted by atomic mass is 19.1. The SMILES string of the molecule is OC1(c2ccc(F)cc2F)CNC1. The van der Waals surface area contributed by atoms with Gasteiger partial charge in [-0.3, -0.25) is 0 Å². The number of β-amino-alcohol motifs (C(OH)–C–C–N with tert-alkyl or cyclic N) is 1. The van der Waals surface area contributed by atoms with Gasteiger partial charge in [-0.2, -0.15) is 0 Å². The van der Waals surface area contributed by atoms with Crippen molar-refractivity contribution in [3.63, 3.8) is 0 Å². The zero-order valence-electron chi connectivity index (χ0n) is 6.85. The first-order chi connectivity index (χ1) is 6.12. The number of benzene rings is 1. The second kappa shape index (κ2) is 2.75. The molecule has 0 aromatic heterocycles. The Morgan fingerprint density at radius 3 is 2.46 bits per heavy atom. The minimum Gasteiger partial charge on any atom is -0.382 e. The van der Waals surface area contributed by atoms with Crippen LogP contribution in [0.3, 0.4) is 0 Å². The molecule has 4 heteroatoms. The van der Waals surface area contributed by atoms with Gasteiger partial charge in [0, 0.05) is 24.7 Å². The van der Waals surface area contributed by atoms with Gasteiger partial charge in [0.1, 0.15) is 17.2 Å². The Morgan fingerprint density at radius 2 is 2.00 bits per heavy atom. The summed E-state index contributed by atoms with van der Waals surface area (Å²) in [7, 11) is 0. The van der Waals surface area contributed by atoms with Crippen molar-refractivity contribution in [2.75, 3.05) is 13.1 Å². The van der Waals surface area contributed by atoms with Crippen molar-refractivity contribution in [1.29, 1.82) is 0 Å². The van der Waals surface area contributed by atoms with E-state index in [-0.39, 0.29) is 5.56 Å². The molecule has 1 aliphatic rings. The summed E-state index contributed by atoms with van der Waals surface area (Å²) < 4.78 is 25.7. The molecule has 1 heterocycles. The first-order valence-electron chi connectivity index (χ1n) is 4.00. The second-order valence-electron chi connectivity index (χ2n) is 3.26. The van der Waals surface area contributed by atoms with Crippen molar-refractivity contribution < 1.29 is 13.9 Å². The molecule has 2 nitrogen and oxygen atoms in total. The van der Waals surface area contributed by atoms with Crippen molar-refractivity contribution >= 4 is 0 Å². The van der Waals surface area contributed by atoms with Gasteiger partial charge in [0.2, 0.25) is 0 Å². The van der Waals surface area contributed by atoms with Crippen LogP contribution in [-0.4, -0.2) is 18.2 Å². The molecule has 1 aromatic carbocycles. The lowest BCUT2D eigenvalue weighted by atomic mass is 9.88. The van der Waals surface area contributed by atoms with E-state index in [4.69, 9.17) is 0 Å². The molecule has 70 valence electrons. The number of aliphatic hydroxyl groups is 1. The fourth-order valence-corrected chi connectivity index (χ4v) is 1.42. The summed E-state index contributed by atoms with van der Waals surface area (Å²) in [6, 6.07) is 3.21. The maximum atomic E-state index is 13.1. The quantitative estimate of drug-likeness (QED) is 0.676. The number of rotatable bonds is 1. The fraction of sp³-hybridized carbons (Fsp3) is 0.333. The molecule has 1 fully saturated rings. The van der Waals surface area contributed by atoms with Crippen LogP contribution < -0.4 is 5.32 Å². The average Bonchev–Trinajstić information content (AvgIpc) is 2.00. The van der Waals surface area contributed by atoms with E-state index < -0.39 is 17.2 Å². The van der Waals surface area contributed by atoms with Crippen molar-refractivity contribution in [3.8, 4) is 0 Å². The third-order valence-corrected chi connectivity index (χ3v) is 2.27. The molecular formula is C9H9F2NO. The Balaban J connectivity index is 2.40. The van der Waals surface area contributed by atoms with Crippen LogP contribution in [0, 0.1) is 11.6 Å². The highest BCUT2D eigenvalue weighted by molar-refractivity contribution is 5.28. The lowest BCUT2D eigenvalue weighted by Gasteiger charge is -2.38. The highest BCUT2D eigenvalue weighted by Gasteiger charge is 2.38. The van der Waals surface area contributed by atoms with Crippen molar-refractivity contribution in [1.82, 2.24) is 5.32 Å². The molecule has 0 spiro atoms. The van der Waals surface area contributed by atoms with Crippen LogP contribution >= 0.6 is 0 Å². The summed E-state index contributed by atoms with van der Waals surface area (Å²) in [5, 5.41) is 12.6. The van der Waals surface area contributed by atoms with Crippen LogP contribution in [0.5, 0.6) is 0 Å². The average molecular weight is 185 g/mol. The van der Waals surface area contributed by atoms with E-state index in [1.54, 1.807) is 0 Å². The molecular weight excluding hydrogens is 176 g/mol. The van der Waals surface area contributed by atoms with Crippen molar-refractivity contribution in [2.24, 2.45) is 0 Å². The summed E-state index contributed by atoms with van der Waals surface area (Å²) >= 11 is 0. The van der Waals surface area contributed by atoms with Crippen LogP contribution in [0.25, 0.3) is 0 Å². The molecule has 0 bridgehead atoms. The predicted molar refractivity (Wildman–Crippen MR) is 43.1 cm³/mol. The predicted octanol–water partition coefficient (Wildman–Crippen LogP) is 0.756. The third-order valence-electron chi connectivity index (χ3n) is 2.27. The molecule has 0 saturated carbocycles. The van der Waals surface area contributed by atoms with Crippen molar-refractivity contribution in [2.45, 2.75) is 5.60 Å². The minimum atomic E-state index is -1.15. The fourth-order valence-electron chi connectivity index (χ4n) is 1.42. The van der Waals surface area contributed by atoms with Gasteiger partial charge in [0.15, 0.2) is 0 Å². The molecule has 0 radical (unpaired) electrons. The van der Waals surface area contributed by atoms with Gasteiger partial charge in [-0.05, 0) is 6.07 Å². The van der Waals surface area contributed by atoms with E-state index in [1.165, 1.54) is 6.07 Å². The number of hydrogen-bond donors (Lipinski definition) is 2. The molecule has 2 N–H and O–H groups in total. The van der Waals surface area contributed by atoms with E-state index in [1.807, 2.05) is 0 Å². The summed E-state index contributed by atoms with van der Waals surface area (Å²) in [6.07, 6.45) is 0. The van der Waals surface area contributed by atoms with Crippen LogP contribution in [0.15, 0.2) is 18.2 Å². The van der Waals surface area contributed by atoms with Gasteiger partial charge in [-0.25, -0.2) is 8.78 Å². The summed E-state index contributed by atoms with van der Waals surface area (Å²) in [6.45, 7) is 0.630. The molecule has 0 unspecified atom stereocenters. The zero-order valence-corrected chi connectivity index (χ0v) is 6.85. The minimum absolute atomic E-state index is 0.160. The largest absolute Gasteiger partial charge is 0.382 e. The Labute approximate surface area is 74.2 Å². The normalized spacial score (nSPS) is 19.6. The number of nitrogens with one attached hydrogen (secondary N) is 1. The number of hydrogen-bond acceptors (Lipinski definition) is 2. The Morgan fingerprint density at radius 1 is 1.31 bits per heavy atom. The molecule has 13 heavy (non-hydrogen) atoms. The first-order valence-corrected chi connectivity index (χ1v) is 4.00. The summed E-state index contributed by atoms with van der Waals surface area (Å²) in [4.78, 5) is 0. The molecule has 1 saturated heterocycles. The van der Waals surface area contributed by atoms with Gasteiger partial charge < -0.3 is 10.4 Å². The van der Waals surface area contributed by atoms with Crippen LogP contribution in [0.2, 0.25) is 0 Å². The van der Waals surface area contributed by atoms with E-state index in [0.717, 1.165) is 12.1 Å². The Hall–Kier alpha value is -1.00. The maximum absolute atomic E-state index is 13.1. The Bertz CT molecular complexity index is 336. The van der Waals surface area contributed by atoms with Crippen LogP contribution in [0.1, 0.15) is 5.56 Å². The van der Waals surface area contributed by atoms with E-state index in [2.05, 4.69) is 5.32 Å². The van der Waals surface area contributed by atoms with Gasteiger partial charge in [0.25, 0.3) is 0 Å². The van der Waals surface area contributed by atoms with Crippen LogP contribution in [0.4, 0.5) is 8.78 Å². The van der Waals surface area contributed by atoms with Gasteiger partial charge in [-0.15, -0.1) is 0 Å². The molecule has 0 aliphatic carbocycles. The van der Waals surface area contributed by atoms with Gasteiger partial charge >= 0.3 is 0 Å². The highest BCUT2D eigenvalue weighted by Crippen LogP contribution is 2.27. The monoisotopic (exact) mass is 185 g/mol. The van der Waals surface area contributed by atoms with E-state index >= 15 is 0 Å². The van der Waals surface area contributed by atoms with Gasteiger partial charge in [0.05, 0.1) is 0 Å². The molecule has 2 rings (SSSR count). The standard InChI is InChI=1S/C9H9F2NO/c10-6-1-2-7(8(11)3-6)9(13)4-12-5-9/h1-3,12-13H,4-5H2. The molecule has 0 atom stereocenters. The Kier molecular flexibility index (Phi) is 1.82. The third kappa shape index (κ3) is 1.32. The molecule has 1 aliphatic heterocycles. The summed E-state index contributed by atoms with van der Waals surface area (Å²) in [5.41, 5.74) is -0.995. The van der Waals surface area contributed by atoms with Crippen molar-refractivity contribution in [3.05, 3.63) is 35.4 Å². The lowest BCUT2D eigenvalue weighted by Crippen LogP contribution is -2.57. The topological polar surface area (TPSA) is 32.3 Å². The maximum Gasteiger partial charge on any atom is 0.132 e. The van der Waals surface area contributed by atoms with E-state index in [0.29, 0.717) is 13.1 Å². The summed E-state index contributed by atoms with van der Waals surface area (Å²) in [5.74, 6) is -1.32. The first kappa shape index (κ1) is 8.59. The molecule has 1 aromatic rings. The van der Waals surface area contributed by atoms with Gasteiger partial charge in [-0.1, -0.05) is 6.07 Å². The lowest BCUT2D eigenvalue weighted by molar-refractivity contribution is -0.0177. The zero-order chi connectivity index (χ0) is 9.47. The van der Waals surface area contributed by atoms with E-state index in [9.17, 15) is 13.9 Å². The second-order valence-corrected chi connectivity index (χ2v) is 3.26. The smallest absolute Gasteiger partial charge is 0.132 e. The van der Waals surface area contributed by atoms with Crippen LogP contribution in [-0.2, 0) is 5.60 Å².